The van der Waals surface area contributed by atoms with Crippen molar-refractivity contribution in [2.75, 3.05) is 0 Å². The third-order valence-electron chi connectivity index (χ3n) is 3.04. The summed E-state index contributed by atoms with van der Waals surface area (Å²) < 4.78 is 13.8. The lowest BCUT2D eigenvalue weighted by molar-refractivity contribution is 0.580. The summed E-state index contributed by atoms with van der Waals surface area (Å²) in [6, 6.07) is 4.51. The van der Waals surface area contributed by atoms with Crippen LogP contribution in [0.25, 0.3) is 11.3 Å². The number of aromatic amines is 1. The van der Waals surface area contributed by atoms with Gasteiger partial charge in [-0.15, -0.1) is 0 Å². The van der Waals surface area contributed by atoms with Gasteiger partial charge in [-0.3, -0.25) is 0 Å². The highest BCUT2D eigenvalue weighted by molar-refractivity contribution is 9.10. The Hall–Kier alpha value is -1.20. The number of halogens is 2. The molecule has 0 saturated heterocycles. The summed E-state index contributed by atoms with van der Waals surface area (Å²) in [4.78, 5) is 7.52. The first-order chi connectivity index (χ1) is 9.11. The van der Waals surface area contributed by atoms with Crippen LogP contribution in [-0.2, 0) is 0 Å². The number of unbranched alkanes of at least 4 members (excludes halogenated alkanes) is 1. The van der Waals surface area contributed by atoms with Gasteiger partial charge in [-0.25, -0.2) is 9.37 Å². The van der Waals surface area contributed by atoms with E-state index in [1.807, 2.05) is 0 Å². The van der Waals surface area contributed by atoms with Gasteiger partial charge in [-0.2, -0.15) is 0 Å². The van der Waals surface area contributed by atoms with Crippen LogP contribution >= 0.6 is 15.9 Å². The lowest BCUT2D eigenvalue weighted by atomic mass is 10.1. The van der Waals surface area contributed by atoms with Crippen molar-refractivity contribution in [1.29, 1.82) is 0 Å². The van der Waals surface area contributed by atoms with Crippen molar-refractivity contribution in [3.63, 3.8) is 0 Å². The molecule has 2 aromatic rings. The predicted molar refractivity (Wildman–Crippen MR) is 78.1 cm³/mol. The summed E-state index contributed by atoms with van der Waals surface area (Å²) in [6.45, 7) is 2.13. The highest BCUT2D eigenvalue weighted by Crippen LogP contribution is 2.28. The topological polar surface area (TPSA) is 54.7 Å². The van der Waals surface area contributed by atoms with Crippen molar-refractivity contribution in [3.05, 3.63) is 40.5 Å². The van der Waals surface area contributed by atoms with Gasteiger partial charge in [0.05, 0.1) is 17.9 Å². The predicted octanol–water partition coefficient (Wildman–Crippen LogP) is 4.17. The molecular formula is C14H17BrFN3. The van der Waals surface area contributed by atoms with E-state index in [9.17, 15) is 4.39 Å². The number of nitrogens with two attached hydrogens (primary N) is 1. The molecule has 0 spiro atoms. The number of hydrogen-bond acceptors (Lipinski definition) is 2. The minimum atomic E-state index is -0.269. The Morgan fingerprint density at radius 2 is 2.26 bits per heavy atom. The first-order valence-electron chi connectivity index (χ1n) is 6.37. The van der Waals surface area contributed by atoms with Gasteiger partial charge in [-0.05, 0) is 40.5 Å². The highest BCUT2D eigenvalue weighted by atomic mass is 79.9. The van der Waals surface area contributed by atoms with Gasteiger partial charge in [0.15, 0.2) is 0 Å². The van der Waals surface area contributed by atoms with Crippen LogP contribution in [0.5, 0.6) is 0 Å². The molecule has 0 aliphatic rings. The van der Waals surface area contributed by atoms with Crippen LogP contribution in [0, 0.1) is 5.82 Å². The quantitative estimate of drug-likeness (QED) is 0.866. The molecule has 0 bridgehead atoms. The molecule has 0 aliphatic heterocycles. The molecule has 1 aromatic heterocycles. The maximum absolute atomic E-state index is 13.1. The number of imidazole rings is 1. The van der Waals surface area contributed by atoms with Gasteiger partial charge in [0, 0.05) is 10.0 Å². The van der Waals surface area contributed by atoms with Crippen molar-refractivity contribution >= 4 is 15.9 Å². The molecule has 1 unspecified atom stereocenters. The zero-order chi connectivity index (χ0) is 13.8. The van der Waals surface area contributed by atoms with E-state index in [0.717, 1.165) is 36.3 Å². The van der Waals surface area contributed by atoms with Gasteiger partial charge in [0.1, 0.15) is 11.6 Å². The van der Waals surface area contributed by atoms with E-state index in [2.05, 4.69) is 32.8 Å². The minimum Gasteiger partial charge on any atom is -0.341 e. The van der Waals surface area contributed by atoms with Gasteiger partial charge in [-0.1, -0.05) is 19.8 Å². The van der Waals surface area contributed by atoms with E-state index >= 15 is 0 Å². The van der Waals surface area contributed by atoms with Crippen molar-refractivity contribution in [3.8, 4) is 11.3 Å². The van der Waals surface area contributed by atoms with E-state index in [4.69, 9.17) is 5.73 Å². The number of H-pyrrole nitrogens is 1. The SMILES string of the molecule is CCCCC(N)c1ncc(-c2ccc(F)cc2Br)[nH]1. The van der Waals surface area contributed by atoms with Crippen LogP contribution in [0.15, 0.2) is 28.9 Å². The summed E-state index contributed by atoms with van der Waals surface area (Å²) in [7, 11) is 0. The van der Waals surface area contributed by atoms with E-state index in [1.165, 1.54) is 12.1 Å². The van der Waals surface area contributed by atoms with Crippen LogP contribution in [0.1, 0.15) is 38.1 Å². The summed E-state index contributed by atoms with van der Waals surface area (Å²) >= 11 is 3.35. The Labute approximate surface area is 120 Å². The number of nitrogens with zero attached hydrogens (tertiary/aromatic N) is 1. The Kier molecular flexibility index (Phi) is 4.71. The molecule has 102 valence electrons. The smallest absolute Gasteiger partial charge is 0.124 e. The molecule has 0 aliphatic carbocycles. The second-order valence-corrected chi connectivity index (χ2v) is 5.41. The molecule has 3 nitrogen and oxygen atoms in total. The van der Waals surface area contributed by atoms with Crippen LogP contribution in [0.3, 0.4) is 0 Å². The maximum Gasteiger partial charge on any atom is 0.124 e. The fourth-order valence-electron chi connectivity index (χ4n) is 1.93. The van der Waals surface area contributed by atoms with Crippen molar-refractivity contribution in [2.45, 2.75) is 32.2 Å². The van der Waals surface area contributed by atoms with Crippen LogP contribution in [0.2, 0.25) is 0 Å². The lowest BCUT2D eigenvalue weighted by Gasteiger charge is -2.07. The van der Waals surface area contributed by atoms with Gasteiger partial charge >= 0.3 is 0 Å². The summed E-state index contributed by atoms with van der Waals surface area (Å²) in [5.41, 5.74) is 7.79. The van der Waals surface area contributed by atoms with E-state index in [-0.39, 0.29) is 11.9 Å². The second kappa shape index (κ2) is 6.30. The minimum absolute atomic E-state index is 0.0760. The summed E-state index contributed by atoms with van der Waals surface area (Å²) in [6.07, 6.45) is 4.84. The molecule has 1 aromatic carbocycles. The molecule has 5 heteroatoms. The molecule has 0 saturated carbocycles. The van der Waals surface area contributed by atoms with Crippen molar-refractivity contribution in [2.24, 2.45) is 5.73 Å². The van der Waals surface area contributed by atoms with Crippen LogP contribution in [0.4, 0.5) is 4.39 Å². The molecular weight excluding hydrogens is 309 g/mol. The van der Waals surface area contributed by atoms with Gasteiger partial charge < -0.3 is 10.7 Å². The molecule has 1 atom stereocenters. The standard InChI is InChI=1S/C14H17BrFN3/c1-2-3-4-12(17)14-18-8-13(19-14)10-6-5-9(16)7-11(10)15/h5-8,12H,2-4,17H2,1H3,(H,18,19). The number of benzene rings is 1. The number of rotatable bonds is 5. The van der Waals surface area contributed by atoms with E-state index in [0.29, 0.717) is 4.47 Å². The zero-order valence-corrected chi connectivity index (χ0v) is 12.4. The monoisotopic (exact) mass is 325 g/mol. The average Bonchev–Trinajstić information content (AvgIpc) is 2.85. The molecule has 0 fully saturated rings. The molecule has 2 rings (SSSR count). The first-order valence-corrected chi connectivity index (χ1v) is 7.17. The number of hydrogen-bond donors (Lipinski definition) is 2. The second-order valence-electron chi connectivity index (χ2n) is 4.56. The number of nitrogens with one attached hydrogen (secondary N) is 1. The zero-order valence-electron chi connectivity index (χ0n) is 10.8. The third kappa shape index (κ3) is 3.42. The Morgan fingerprint density at radius 3 is 2.95 bits per heavy atom. The Morgan fingerprint density at radius 1 is 1.47 bits per heavy atom. The normalized spacial score (nSPS) is 12.6. The summed E-state index contributed by atoms with van der Waals surface area (Å²) in [5, 5.41) is 0. The largest absolute Gasteiger partial charge is 0.341 e. The molecule has 0 radical (unpaired) electrons. The van der Waals surface area contributed by atoms with Crippen LogP contribution in [-0.4, -0.2) is 9.97 Å². The van der Waals surface area contributed by atoms with Gasteiger partial charge in [0.25, 0.3) is 0 Å². The lowest BCUT2D eigenvalue weighted by Crippen LogP contribution is -2.11. The fraction of sp³-hybridized carbons (Fsp3) is 0.357. The fourth-order valence-corrected chi connectivity index (χ4v) is 2.50. The van der Waals surface area contributed by atoms with E-state index < -0.39 is 0 Å². The third-order valence-corrected chi connectivity index (χ3v) is 3.69. The van der Waals surface area contributed by atoms with Gasteiger partial charge in [0.2, 0.25) is 0 Å². The Balaban J connectivity index is 2.20. The van der Waals surface area contributed by atoms with E-state index in [1.54, 1.807) is 12.3 Å². The van der Waals surface area contributed by atoms with Crippen LogP contribution < -0.4 is 5.73 Å². The van der Waals surface area contributed by atoms with Crippen molar-refractivity contribution < 1.29 is 4.39 Å². The maximum atomic E-state index is 13.1. The average molecular weight is 326 g/mol. The summed E-state index contributed by atoms with van der Waals surface area (Å²) in [5.74, 6) is 0.509. The highest BCUT2D eigenvalue weighted by Gasteiger charge is 2.12. The molecule has 3 N–H and O–H groups in total. The first kappa shape index (κ1) is 14.2. The molecule has 0 amide bonds. The number of aromatic nitrogens is 2. The Bertz CT molecular complexity index is 553. The molecule has 1 heterocycles. The molecule has 19 heavy (non-hydrogen) atoms. The van der Waals surface area contributed by atoms with Crippen molar-refractivity contribution in [1.82, 2.24) is 9.97 Å².